The molecule has 15 heavy (non-hydrogen) atoms. The van der Waals surface area contributed by atoms with Crippen LogP contribution in [0.25, 0.3) is 0 Å². The lowest BCUT2D eigenvalue weighted by atomic mass is 9.93. The van der Waals surface area contributed by atoms with Crippen molar-refractivity contribution < 1.29 is 19.1 Å². The summed E-state index contributed by atoms with van der Waals surface area (Å²) < 4.78 is 10.6. The van der Waals surface area contributed by atoms with Crippen molar-refractivity contribution in [1.82, 2.24) is 0 Å². The van der Waals surface area contributed by atoms with Crippen LogP contribution in [0.1, 0.15) is 33.1 Å². The Hall–Kier alpha value is -1.32. The lowest BCUT2D eigenvalue weighted by Crippen LogP contribution is -2.21. The van der Waals surface area contributed by atoms with Crippen LogP contribution in [0.5, 0.6) is 0 Å². The molecule has 1 heterocycles. The molecule has 0 aromatic rings. The van der Waals surface area contributed by atoms with Crippen LogP contribution in [0.3, 0.4) is 0 Å². The van der Waals surface area contributed by atoms with Crippen LogP contribution in [-0.4, -0.2) is 17.9 Å². The summed E-state index contributed by atoms with van der Waals surface area (Å²) in [5, 5.41) is 0. The van der Waals surface area contributed by atoms with Gasteiger partial charge in [-0.25, -0.2) is 0 Å². The lowest BCUT2D eigenvalue weighted by molar-refractivity contribution is -0.140. The Kier molecular flexibility index (Phi) is 2.50. The number of allylic oxidation sites excluding steroid dienone is 2. The first-order valence-electron chi connectivity index (χ1n) is 5.20. The van der Waals surface area contributed by atoms with Crippen molar-refractivity contribution in [3.8, 4) is 0 Å². The highest BCUT2D eigenvalue weighted by molar-refractivity contribution is 5.95. The van der Waals surface area contributed by atoms with Crippen molar-refractivity contribution in [3.05, 3.63) is 11.5 Å². The van der Waals surface area contributed by atoms with Crippen LogP contribution in [0.15, 0.2) is 11.5 Å². The average molecular weight is 210 g/mol. The summed E-state index contributed by atoms with van der Waals surface area (Å²) in [6.45, 7) is 3.73. The van der Waals surface area contributed by atoms with Gasteiger partial charge >= 0.3 is 5.97 Å². The van der Waals surface area contributed by atoms with Crippen molar-refractivity contribution in [1.29, 1.82) is 0 Å². The molecule has 4 nitrogen and oxygen atoms in total. The third-order valence-electron chi connectivity index (χ3n) is 2.58. The van der Waals surface area contributed by atoms with E-state index in [9.17, 15) is 9.59 Å². The molecule has 4 heteroatoms. The molecule has 82 valence electrons. The summed E-state index contributed by atoms with van der Waals surface area (Å²) in [5.41, 5.74) is 0. The van der Waals surface area contributed by atoms with Crippen LogP contribution in [0, 0.1) is 5.92 Å². The molecular weight excluding hydrogens is 196 g/mol. The van der Waals surface area contributed by atoms with Crippen molar-refractivity contribution in [2.75, 3.05) is 0 Å². The maximum atomic E-state index is 11.7. The smallest absolute Gasteiger partial charge is 0.314 e. The van der Waals surface area contributed by atoms with Gasteiger partial charge in [0, 0.05) is 12.8 Å². The minimum atomic E-state index is -0.311. The van der Waals surface area contributed by atoms with Crippen LogP contribution >= 0.6 is 0 Å². The zero-order chi connectivity index (χ0) is 11.0. The Balaban J connectivity index is 2.31. The number of Topliss-reactive ketones (excluding diaryl/α,β-unsaturated/α-hetero) is 1. The number of rotatable bonds is 0. The molecule has 0 aromatic carbocycles. The van der Waals surface area contributed by atoms with Crippen molar-refractivity contribution in [3.63, 3.8) is 0 Å². The largest absolute Gasteiger partial charge is 0.483 e. The summed E-state index contributed by atoms with van der Waals surface area (Å²) in [6, 6.07) is 0. The number of carbonyl (C=O) groups is 2. The zero-order valence-corrected chi connectivity index (χ0v) is 8.91. The van der Waals surface area contributed by atoms with E-state index >= 15 is 0 Å². The number of esters is 1. The van der Waals surface area contributed by atoms with Gasteiger partial charge in [-0.15, -0.1) is 0 Å². The quantitative estimate of drug-likeness (QED) is 0.569. The highest BCUT2D eigenvalue weighted by Gasteiger charge is 2.33. The van der Waals surface area contributed by atoms with E-state index in [4.69, 9.17) is 9.47 Å². The molecule has 0 spiro atoms. The number of ketones is 1. The maximum Gasteiger partial charge on any atom is 0.314 e. The molecule has 0 amide bonds. The molecule has 0 radical (unpaired) electrons. The molecule has 0 saturated carbocycles. The fraction of sp³-hybridized carbons (Fsp3) is 0.636. The topological polar surface area (TPSA) is 52.6 Å². The van der Waals surface area contributed by atoms with Crippen molar-refractivity contribution in [2.45, 2.75) is 39.2 Å². The first-order valence-corrected chi connectivity index (χ1v) is 5.20. The number of carbonyl (C=O) groups excluding carboxylic acids is 2. The fourth-order valence-electron chi connectivity index (χ4n) is 1.92. The Morgan fingerprint density at radius 1 is 1.13 bits per heavy atom. The number of hydrogen-bond acceptors (Lipinski definition) is 4. The predicted molar refractivity (Wildman–Crippen MR) is 51.7 cm³/mol. The maximum absolute atomic E-state index is 11.7. The third-order valence-corrected chi connectivity index (χ3v) is 2.58. The minimum Gasteiger partial charge on any atom is -0.483 e. The molecule has 2 atom stereocenters. The van der Waals surface area contributed by atoms with E-state index in [1.165, 1.54) is 0 Å². The van der Waals surface area contributed by atoms with Gasteiger partial charge in [0.25, 0.3) is 0 Å². The van der Waals surface area contributed by atoms with Gasteiger partial charge in [-0.05, 0) is 12.8 Å². The molecular formula is C11H14O4. The van der Waals surface area contributed by atoms with Crippen LogP contribution in [0.2, 0.25) is 0 Å². The van der Waals surface area contributed by atoms with E-state index in [1.807, 2.05) is 6.92 Å². The molecule has 1 aliphatic carbocycles. The molecule has 2 aliphatic rings. The fourth-order valence-corrected chi connectivity index (χ4v) is 1.92. The lowest BCUT2D eigenvalue weighted by Gasteiger charge is -2.21. The molecule has 0 bridgehead atoms. The molecule has 1 aliphatic heterocycles. The second-order valence-electron chi connectivity index (χ2n) is 4.30. The Bertz CT molecular complexity index is 342. The van der Waals surface area contributed by atoms with Crippen LogP contribution < -0.4 is 0 Å². The van der Waals surface area contributed by atoms with E-state index in [2.05, 4.69) is 0 Å². The second kappa shape index (κ2) is 3.68. The van der Waals surface area contributed by atoms with E-state index in [0.717, 1.165) is 0 Å². The Labute approximate surface area is 88.2 Å². The van der Waals surface area contributed by atoms with E-state index < -0.39 is 0 Å². The molecule has 0 saturated heterocycles. The highest BCUT2D eigenvalue weighted by Crippen LogP contribution is 2.31. The van der Waals surface area contributed by atoms with E-state index in [1.54, 1.807) is 6.92 Å². The van der Waals surface area contributed by atoms with Crippen molar-refractivity contribution in [2.24, 2.45) is 5.92 Å². The van der Waals surface area contributed by atoms with Gasteiger partial charge in [0.1, 0.15) is 6.10 Å². The van der Waals surface area contributed by atoms with Gasteiger partial charge in [-0.3, -0.25) is 9.59 Å². The summed E-state index contributed by atoms with van der Waals surface area (Å²) in [4.78, 5) is 23.0. The molecule has 2 rings (SSSR count). The molecule has 0 N–H and O–H groups in total. The van der Waals surface area contributed by atoms with E-state index in [0.29, 0.717) is 18.6 Å². The van der Waals surface area contributed by atoms with Gasteiger partial charge in [-0.1, -0.05) is 6.92 Å². The predicted octanol–water partition coefficient (Wildman–Crippen LogP) is 1.55. The summed E-state index contributed by atoms with van der Waals surface area (Å²) in [6.07, 6.45) is 1.01. The molecule has 0 fully saturated rings. The highest BCUT2D eigenvalue weighted by atomic mass is 16.6. The molecule has 2 unspecified atom stereocenters. The first-order chi connectivity index (χ1) is 7.06. The van der Waals surface area contributed by atoms with Crippen LogP contribution in [-0.2, 0) is 19.1 Å². The van der Waals surface area contributed by atoms with Gasteiger partial charge < -0.3 is 9.47 Å². The Morgan fingerprint density at radius 2 is 1.87 bits per heavy atom. The van der Waals surface area contributed by atoms with Gasteiger partial charge in [-0.2, -0.15) is 0 Å². The number of hydrogen-bond donors (Lipinski definition) is 0. The SMILES string of the molecule is CC1CC(=O)C2=C(C1)OC(=O)CC(C)O2. The minimum absolute atomic E-state index is 0.0506. The average Bonchev–Trinajstić information content (AvgIpc) is 2.22. The normalized spacial score (nSPS) is 31.6. The zero-order valence-electron chi connectivity index (χ0n) is 8.91. The molecule has 0 aromatic heterocycles. The van der Waals surface area contributed by atoms with Crippen molar-refractivity contribution >= 4 is 11.8 Å². The summed E-state index contributed by atoms with van der Waals surface area (Å²) >= 11 is 0. The standard InChI is InChI=1S/C11H14O4/c1-6-3-8(12)11-9(4-6)15-10(13)5-7(2)14-11/h6-7H,3-5H2,1-2H3. The third kappa shape index (κ3) is 2.03. The summed E-state index contributed by atoms with van der Waals surface area (Å²) in [7, 11) is 0. The van der Waals surface area contributed by atoms with Gasteiger partial charge in [0.05, 0.1) is 6.42 Å². The Morgan fingerprint density at radius 3 is 2.60 bits per heavy atom. The van der Waals surface area contributed by atoms with E-state index in [-0.39, 0.29) is 36.0 Å². The number of ether oxygens (including phenoxy) is 2. The monoisotopic (exact) mass is 210 g/mol. The second-order valence-corrected chi connectivity index (χ2v) is 4.30. The summed E-state index contributed by atoms with van der Waals surface area (Å²) in [5.74, 6) is 0.556. The van der Waals surface area contributed by atoms with Crippen LogP contribution in [0.4, 0.5) is 0 Å². The first kappa shape index (κ1) is 10.2. The van der Waals surface area contributed by atoms with Gasteiger partial charge in [0.2, 0.25) is 11.5 Å². The van der Waals surface area contributed by atoms with Gasteiger partial charge in [0.15, 0.2) is 5.76 Å².